The highest BCUT2D eigenvalue weighted by Gasteiger charge is 2.23. The predicted octanol–water partition coefficient (Wildman–Crippen LogP) is 3.74. The number of nitrogens with one attached hydrogen (secondary N) is 3. The van der Waals surface area contributed by atoms with E-state index in [1.54, 1.807) is 31.2 Å². The van der Waals surface area contributed by atoms with E-state index in [2.05, 4.69) is 16.0 Å². The molecule has 0 heterocycles. The van der Waals surface area contributed by atoms with E-state index in [4.69, 9.17) is 0 Å². The molecule has 2 aromatic carbocycles. The summed E-state index contributed by atoms with van der Waals surface area (Å²) in [7, 11) is 0. The monoisotopic (exact) mass is 359 g/mol. The van der Waals surface area contributed by atoms with Gasteiger partial charge in [-0.1, -0.05) is 12.1 Å². The van der Waals surface area contributed by atoms with Gasteiger partial charge in [0, 0.05) is 17.3 Å². The van der Waals surface area contributed by atoms with Crippen LogP contribution in [0.1, 0.15) is 41.7 Å². The summed E-state index contributed by atoms with van der Waals surface area (Å²) < 4.78 is 26.3. The minimum atomic E-state index is -0.967. The summed E-state index contributed by atoms with van der Waals surface area (Å²) in [5.74, 6) is -2.08. The Morgan fingerprint density at radius 1 is 1.08 bits per heavy atom. The van der Waals surface area contributed by atoms with Crippen molar-refractivity contribution in [1.29, 1.82) is 0 Å². The van der Waals surface area contributed by atoms with Crippen molar-refractivity contribution in [3.8, 4) is 0 Å². The van der Waals surface area contributed by atoms with E-state index >= 15 is 0 Å². The van der Waals surface area contributed by atoms with Crippen LogP contribution in [0, 0.1) is 11.6 Å². The van der Waals surface area contributed by atoms with E-state index in [-0.39, 0.29) is 11.9 Å². The van der Waals surface area contributed by atoms with Crippen molar-refractivity contribution >= 4 is 17.6 Å². The molecule has 3 rings (SSSR count). The fourth-order valence-corrected chi connectivity index (χ4v) is 2.46. The van der Waals surface area contributed by atoms with Gasteiger partial charge in [-0.25, -0.2) is 13.6 Å². The summed E-state index contributed by atoms with van der Waals surface area (Å²) in [5.41, 5.74) is 1.36. The number of hydrogen-bond donors (Lipinski definition) is 3. The molecule has 0 radical (unpaired) electrons. The Morgan fingerprint density at radius 2 is 1.85 bits per heavy atom. The molecule has 1 atom stereocenters. The van der Waals surface area contributed by atoms with Crippen LogP contribution < -0.4 is 16.0 Å². The maximum Gasteiger partial charge on any atom is 0.319 e. The zero-order valence-electron chi connectivity index (χ0n) is 14.2. The van der Waals surface area contributed by atoms with Gasteiger partial charge < -0.3 is 16.0 Å². The number of hydrogen-bond acceptors (Lipinski definition) is 2. The van der Waals surface area contributed by atoms with Gasteiger partial charge in [-0.3, -0.25) is 4.79 Å². The highest BCUT2D eigenvalue weighted by Crippen LogP contribution is 2.20. The summed E-state index contributed by atoms with van der Waals surface area (Å²) in [6, 6.07) is 9.28. The largest absolute Gasteiger partial charge is 0.349 e. The first-order chi connectivity index (χ1) is 12.4. The van der Waals surface area contributed by atoms with E-state index in [1.807, 2.05) is 0 Å². The molecule has 0 unspecified atom stereocenters. The summed E-state index contributed by atoms with van der Waals surface area (Å²) in [5, 5.41) is 8.16. The van der Waals surface area contributed by atoms with Crippen LogP contribution in [-0.2, 0) is 0 Å². The van der Waals surface area contributed by atoms with Crippen LogP contribution >= 0.6 is 0 Å². The van der Waals surface area contributed by atoms with Crippen molar-refractivity contribution in [3.05, 3.63) is 65.2 Å². The molecule has 0 bridgehead atoms. The molecule has 2 aromatic rings. The van der Waals surface area contributed by atoms with Crippen LogP contribution in [0.4, 0.5) is 19.3 Å². The molecule has 0 aromatic heterocycles. The number of carbonyl (C=O) groups excluding carboxylic acids is 2. The molecule has 5 nitrogen and oxygen atoms in total. The topological polar surface area (TPSA) is 70.2 Å². The van der Waals surface area contributed by atoms with Gasteiger partial charge in [0.1, 0.15) is 0 Å². The third kappa shape index (κ3) is 4.56. The van der Waals surface area contributed by atoms with Crippen molar-refractivity contribution in [2.45, 2.75) is 31.8 Å². The minimum Gasteiger partial charge on any atom is -0.349 e. The smallest absolute Gasteiger partial charge is 0.319 e. The Balaban J connectivity index is 1.60. The molecule has 26 heavy (non-hydrogen) atoms. The van der Waals surface area contributed by atoms with Gasteiger partial charge in [-0.15, -0.1) is 0 Å². The standard InChI is InChI=1S/C19H19F2N3O2/c1-11(12-5-8-16(20)17(21)10-12)22-19(26)24-15-4-2-3-13(9-15)18(25)23-14-6-7-14/h2-5,8-11,14H,6-7H2,1H3,(H,23,25)(H2,22,24,26)/t11-/m0/s1. The third-order valence-electron chi connectivity index (χ3n) is 4.09. The lowest BCUT2D eigenvalue weighted by molar-refractivity contribution is 0.0951. The van der Waals surface area contributed by atoms with Crippen LogP contribution in [0.15, 0.2) is 42.5 Å². The van der Waals surface area contributed by atoms with Gasteiger partial charge in [0.15, 0.2) is 11.6 Å². The number of benzene rings is 2. The average Bonchev–Trinajstić information content (AvgIpc) is 3.41. The number of halogens is 2. The van der Waals surface area contributed by atoms with E-state index in [0.717, 1.165) is 25.0 Å². The number of anilines is 1. The molecule has 1 aliphatic carbocycles. The van der Waals surface area contributed by atoms with Crippen LogP contribution in [-0.4, -0.2) is 18.0 Å². The van der Waals surface area contributed by atoms with E-state index < -0.39 is 23.7 Å². The molecule has 3 N–H and O–H groups in total. The molecular formula is C19H19F2N3O2. The van der Waals surface area contributed by atoms with Gasteiger partial charge in [0.05, 0.1) is 6.04 Å². The fourth-order valence-electron chi connectivity index (χ4n) is 2.46. The SMILES string of the molecule is C[C@H](NC(=O)Nc1cccc(C(=O)NC2CC2)c1)c1ccc(F)c(F)c1. The van der Waals surface area contributed by atoms with Crippen molar-refractivity contribution in [2.75, 3.05) is 5.32 Å². The second kappa shape index (κ2) is 7.51. The van der Waals surface area contributed by atoms with Crippen LogP contribution in [0.2, 0.25) is 0 Å². The van der Waals surface area contributed by atoms with E-state index in [1.165, 1.54) is 6.07 Å². The van der Waals surface area contributed by atoms with Gasteiger partial charge in [-0.2, -0.15) is 0 Å². The number of amides is 3. The Kier molecular flexibility index (Phi) is 5.16. The lowest BCUT2D eigenvalue weighted by atomic mass is 10.1. The number of rotatable bonds is 5. The predicted molar refractivity (Wildman–Crippen MR) is 93.9 cm³/mol. The van der Waals surface area contributed by atoms with Crippen molar-refractivity contribution in [3.63, 3.8) is 0 Å². The second-order valence-corrected chi connectivity index (χ2v) is 6.32. The zero-order valence-corrected chi connectivity index (χ0v) is 14.2. The third-order valence-corrected chi connectivity index (χ3v) is 4.09. The van der Waals surface area contributed by atoms with E-state index in [9.17, 15) is 18.4 Å². The van der Waals surface area contributed by atoms with Gasteiger partial charge in [0.25, 0.3) is 5.91 Å². The molecule has 0 aliphatic heterocycles. The maximum atomic E-state index is 13.3. The molecular weight excluding hydrogens is 340 g/mol. The van der Waals surface area contributed by atoms with Crippen LogP contribution in [0.25, 0.3) is 0 Å². The lowest BCUT2D eigenvalue weighted by Crippen LogP contribution is -2.31. The number of urea groups is 1. The molecule has 1 fully saturated rings. The van der Waals surface area contributed by atoms with Crippen molar-refractivity contribution < 1.29 is 18.4 Å². The molecule has 136 valence electrons. The number of carbonyl (C=O) groups is 2. The second-order valence-electron chi connectivity index (χ2n) is 6.32. The lowest BCUT2D eigenvalue weighted by Gasteiger charge is -2.15. The fraction of sp³-hybridized carbons (Fsp3) is 0.263. The summed E-state index contributed by atoms with van der Waals surface area (Å²) in [6.45, 7) is 1.66. The molecule has 1 saturated carbocycles. The molecule has 0 saturated heterocycles. The molecule has 1 aliphatic rings. The van der Waals surface area contributed by atoms with Gasteiger partial charge in [0.2, 0.25) is 0 Å². The molecule has 7 heteroatoms. The Morgan fingerprint density at radius 3 is 2.54 bits per heavy atom. The molecule has 3 amide bonds. The first-order valence-electron chi connectivity index (χ1n) is 8.36. The normalized spacial score (nSPS) is 14.4. The zero-order chi connectivity index (χ0) is 18.7. The quantitative estimate of drug-likeness (QED) is 0.761. The highest BCUT2D eigenvalue weighted by molar-refractivity contribution is 5.97. The summed E-state index contributed by atoms with van der Waals surface area (Å²) >= 11 is 0. The molecule has 0 spiro atoms. The van der Waals surface area contributed by atoms with Gasteiger partial charge >= 0.3 is 6.03 Å². The van der Waals surface area contributed by atoms with Crippen LogP contribution in [0.3, 0.4) is 0 Å². The summed E-state index contributed by atoms with van der Waals surface area (Å²) in [4.78, 5) is 24.2. The van der Waals surface area contributed by atoms with E-state index in [0.29, 0.717) is 16.8 Å². The first kappa shape index (κ1) is 17.8. The minimum absolute atomic E-state index is 0.174. The summed E-state index contributed by atoms with van der Waals surface area (Å²) in [6.07, 6.45) is 1.99. The van der Waals surface area contributed by atoms with Crippen molar-refractivity contribution in [2.24, 2.45) is 0 Å². The maximum absolute atomic E-state index is 13.3. The Hall–Kier alpha value is -2.96. The Labute approximate surface area is 149 Å². The van der Waals surface area contributed by atoms with Crippen molar-refractivity contribution in [1.82, 2.24) is 10.6 Å². The Bertz CT molecular complexity index is 837. The highest BCUT2D eigenvalue weighted by atomic mass is 19.2. The average molecular weight is 359 g/mol. The van der Waals surface area contributed by atoms with Crippen LogP contribution in [0.5, 0.6) is 0 Å². The van der Waals surface area contributed by atoms with Gasteiger partial charge in [-0.05, 0) is 55.7 Å². The first-order valence-corrected chi connectivity index (χ1v) is 8.36.